The van der Waals surface area contributed by atoms with Crippen molar-refractivity contribution in [1.29, 1.82) is 0 Å². The second-order valence-electron chi connectivity index (χ2n) is 9.79. The molecular weight excluding hydrogens is 578 g/mol. The Balaban J connectivity index is 1.85. The van der Waals surface area contributed by atoms with Gasteiger partial charge >= 0.3 is 12.4 Å². The summed E-state index contributed by atoms with van der Waals surface area (Å²) in [7, 11) is 0. The molecule has 1 unspecified atom stereocenters. The summed E-state index contributed by atoms with van der Waals surface area (Å²) in [6.07, 6.45) is -15.1. The van der Waals surface area contributed by atoms with E-state index in [9.17, 15) is 54.9 Å². The maximum Gasteiger partial charge on any atom is 0.430 e. The number of carbonyl (C=O) groups excluding carboxylic acids is 2. The number of thiazole rings is 1. The van der Waals surface area contributed by atoms with Crippen molar-refractivity contribution in [2.24, 2.45) is 0 Å². The topological polar surface area (TPSA) is 103 Å². The van der Waals surface area contributed by atoms with Gasteiger partial charge in [-0.15, -0.1) is 11.3 Å². The zero-order valence-electron chi connectivity index (χ0n) is 20.6. The lowest BCUT2D eigenvalue weighted by molar-refractivity contribution is -0.376. The number of aliphatic hydroxyl groups is 2. The second kappa shape index (κ2) is 10.5. The zero-order chi connectivity index (χ0) is 29.8. The van der Waals surface area contributed by atoms with Crippen LogP contribution < -0.4 is 5.32 Å². The molecule has 2 heterocycles. The Morgan fingerprint density at radius 3 is 2.25 bits per heavy atom. The van der Waals surface area contributed by atoms with E-state index in [1.165, 1.54) is 4.90 Å². The zero-order valence-corrected chi connectivity index (χ0v) is 21.4. The summed E-state index contributed by atoms with van der Waals surface area (Å²) in [5.41, 5.74) is -9.74. The van der Waals surface area contributed by atoms with E-state index in [4.69, 9.17) is 0 Å². The number of benzene rings is 1. The molecule has 7 nitrogen and oxygen atoms in total. The summed E-state index contributed by atoms with van der Waals surface area (Å²) in [6.45, 7) is 2.00. The van der Waals surface area contributed by atoms with Crippen molar-refractivity contribution >= 4 is 23.2 Å². The minimum Gasteiger partial charge on any atom is -0.393 e. The van der Waals surface area contributed by atoms with Gasteiger partial charge in [-0.2, -0.15) is 26.3 Å². The van der Waals surface area contributed by atoms with Crippen molar-refractivity contribution in [2.75, 3.05) is 6.54 Å². The van der Waals surface area contributed by atoms with E-state index in [1.807, 2.05) is 0 Å². The summed E-state index contributed by atoms with van der Waals surface area (Å²) in [4.78, 5) is 31.2. The normalized spacial score (nSPS) is 22.0. The lowest BCUT2D eigenvalue weighted by Gasteiger charge is -2.33. The quantitative estimate of drug-likeness (QED) is 0.408. The smallest absolute Gasteiger partial charge is 0.393 e. The van der Waals surface area contributed by atoms with Gasteiger partial charge in [-0.3, -0.25) is 9.59 Å². The van der Waals surface area contributed by atoms with Gasteiger partial charge in [0, 0.05) is 35.3 Å². The fourth-order valence-electron chi connectivity index (χ4n) is 4.73. The van der Waals surface area contributed by atoms with Gasteiger partial charge in [-0.1, -0.05) is 12.1 Å². The van der Waals surface area contributed by atoms with Gasteiger partial charge in [0.15, 0.2) is 5.01 Å². The minimum atomic E-state index is -6.30. The molecule has 0 bridgehead atoms. The monoisotopic (exact) mass is 601 g/mol. The van der Waals surface area contributed by atoms with Crippen molar-refractivity contribution < 1.29 is 54.9 Å². The number of likely N-dealkylation sites (tertiary alicyclic amines) is 1. The third-order valence-electron chi connectivity index (χ3n) is 7.06. The molecule has 2 aliphatic rings. The Bertz CT molecular complexity index is 1280. The molecule has 1 saturated carbocycles. The van der Waals surface area contributed by atoms with Crippen LogP contribution in [0.5, 0.6) is 0 Å². The second-order valence-corrected chi connectivity index (χ2v) is 10.8. The van der Waals surface area contributed by atoms with E-state index in [2.05, 4.69) is 10.3 Å². The van der Waals surface area contributed by atoms with Gasteiger partial charge in [-0.25, -0.2) is 13.8 Å². The van der Waals surface area contributed by atoms with Crippen LogP contribution in [-0.4, -0.2) is 69.0 Å². The van der Waals surface area contributed by atoms with Gasteiger partial charge in [-0.05, 0) is 38.7 Å². The largest absolute Gasteiger partial charge is 0.430 e. The fraction of sp³-hybridized carbons (Fsp3) is 0.542. The lowest BCUT2D eigenvalue weighted by Crippen LogP contribution is -2.54. The number of hydrogen-bond acceptors (Lipinski definition) is 6. The highest BCUT2D eigenvalue weighted by atomic mass is 32.1. The summed E-state index contributed by atoms with van der Waals surface area (Å²) in [5.74, 6) is -1.55. The summed E-state index contributed by atoms with van der Waals surface area (Å²) < 4.78 is 109. The molecule has 40 heavy (non-hydrogen) atoms. The highest BCUT2D eigenvalue weighted by molar-refractivity contribution is 7.17. The number of rotatable bonds is 6. The predicted octanol–water partition coefficient (Wildman–Crippen LogP) is 4.94. The Labute approximate surface area is 225 Å². The first kappa shape index (κ1) is 30.1. The highest BCUT2D eigenvalue weighted by Gasteiger charge is 2.71. The number of halogens is 8. The van der Waals surface area contributed by atoms with Crippen LogP contribution in [-0.2, 0) is 5.60 Å². The molecule has 2 amide bonds. The Hall–Kier alpha value is -2.85. The maximum atomic E-state index is 14.1. The fourth-order valence-corrected chi connectivity index (χ4v) is 5.74. The van der Waals surface area contributed by atoms with Gasteiger partial charge in [0.1, 0.15) is 5.69 Å². The molecule has 1 saturated heterocycles. The highest BCUT2D eigenvalue weighted by Crippen LogP contribution is 2.51. The Kier molecular flexibility index (Phi) is 7.92. The molecule has 1 aliphatic carbocycles. The lowest BCUT2D eigenvalue weighted by atomic mass is 9.89. The molecule has 16 heteroatoms. The van der Waals surface area contributed by atoms with Gasteiger partial charge < -0.3 is 20.4 Å². The van der Waals surface area contributed by atoms with Gasteiger partial charge in [0.25, 0.3) is 23.8 Å². The molecule has 2 aromatic rings. The van der Waals surface area contributed by atoms with Crippen LogP contribution in [0.25, 0.3) is 10.4 Å². The standard InChI is InChI=1S/C24H23F8N3O4S/c1-10-3-2-6-35(10)21(38)16-17(40-20(34-16)19(37)33-12-8-13(36)9-12)14-5-4-11(7-15(14)18(25)26)22(39,23(27,28)29)24(30,31)32/h4-5,7,10,12-13,18,36,39H,2-3,6,8-9H2,1H3,(H,33,37). The third-order valence-corrected chi connectivity index (χ3v) is 8.14. The van der Waals surface area contributed by atoms with E-state index in [0.29, 0.717) is 30.2 Å². The maximum absolute atomic E-state index is 14.1. The number of nitrogens with zero attached hydrogens (tertiary/aromatic N) is 2. The van der Waals surface area contributed by atoms with E-state index in [-0.39, 0.29) is 47.4 Å². The van der Waals surface area contributed by atoms with Crippen LogP contribution in [0.3, 0.4) is 0 Å². The molecule has 1 aromatic heterocycles. The average Bonchev–Trinajstić information content (AvgIpc) is 3.47. The number of nitrogens with one attached hydrogen (secondary N) is 1. The Morgan fingerprint density at radius 1 is 1.12 bits per heavy atom. The number of hydrogen-bond donors (Lipinski definition) is 3. The van der Waals surface area contributed by atoms with Crippen LogP contribution in [0, 0.1) is 0 Å². The van der Waals surface area contributed by atoms with Crippen LogP contribution in [0.2, 0.25) is 0 Å². The molecule has 0 radical (unpaired) electrons. The SMILES string of the molecule is CC1CCCN1C(=O)c1nc(C(=O)NC2CC(O)C2)sc1-c1ccc(C(O)(C(F)(F)F)C(F)(F)F)cc1C(F)F. The number of alkyl halides is 8. The molecule has 220 valence electrons. The summed E-state index contributed by atoms with van der Waals surface area (Å²) in [5, 5.41) is 21.4. The van der Waals surface area contributed by atoms with Crippen LogP contribution in [0.15, 0.2) is 18.2 Å². The minimum absolute atomic E-state index is 0.108. The van der Waals surface area contributed by atoms with Crippen LogP contribution in [0.1, 0.15) is 70.4 Å². The third kappa shape index (κ3) is 5.28. The van der Waals surface area contributed by atoms with E-state index in [0.717, 1.165) is 0 Å². The van der Waals surface area contributed by atoms with Crippen LogP contribution in [0.4, 0.5) is 35.1 Å². The van der Waals surface area contributed by atoms with Gasteiger partial charge in [0.2, 0.25) is 0 Å². The molecule has 1 aliphatic heterocycles. The molecule has 4 rings (SSSR count). The first-order chi connectivity index (χ1) is 18.5. The average molecular weight is 602 g/mol. The molecule has 2 fully saturated rings. The van der Waals surface area contributed by atoms with Crippen molar-refractivity contribution in [2.45, 2.75) is 75.2 Å². The van der Waals surface area contributed by atoms with Crippen molar-refractivity contribution in [1.82, 2.24) is 15.2 Å². The number of carbonyl (C=O) groups is 2. The molecule has 0 spiro atoms. The van der Waals surface area contributed by atoms with E-state index >= 15 is 0 Å². The Morgan fingerprint density at radius 2 is 1.75 bits per heavy atom. The van der Waals surface area contributed by atoms with Gasteiger partial charge in [0.05, 0.1) is 11.0 Å². The number of aliphatic hydroxyl groups excluding tert-OH is 1. The van der Waals surface area contributed by atoms with Crippen molar-refractivity contribution in [3.05, 3.63) is 40.0 Å². The summed E-state index contributed by atoms with van der Waals surface area (Å²) >= 11 is 0.469. The van der Waals surface area contributed by atoms with E-state index in [1.54, 1.807) is 6.92 Å². The molecular formula is C24H23F8N3O4S. The summed E-state index contributed by atoms with van der Waals surface area (Å²) in [6, 6.07) is -0.0826. The number of amides is 2. The predicted molar refractivity (Wildman–Crippen MR) is 125 cm³/mol. The first-order valence-electron chi connectivity index (χ1n) is 12.0. The molecule has 3 N–H and O–H groups in total. The molecule has 1 aromatic carbocycles. The van der Waals surface area contributed by atoms with Crippen molar-refractivity contribution in [3.63, 3.8) is 0 Å². The van der Waals surface area contributed by atoms with E-state index < -0.39 is 70.7 Å². The van der Waals surface area contributed by atoms with Crippen LogP contribution >= 0.6 is 11.3 Å². The first-order valence-corrected chi connectivity index (χ1v) is 12.9. The molecule has 1 atom stereocenters. The van der Waals surface area contributed by atoms with Crippen molar-refractivity contribution in [3.8, 4) is 10.4 Å². The number of aromatic nitrogens is 1.